The number of rotatable bonds is 3. The molecule has 2 bridgehead atoms. The van der Waals surface area contributed by atoms with Crippen molar-refractivity contribution in [3.05, 3.63) is 24.3 Å². The summed E-state index contributed by atoms with van der Waals surface area (Å²) in [6.45, 7) is 2.42. The first-order valence-electron chi connectivity index (χ1n) is 8.39. The van der Waals surface area contributed by atoms with Gasteiger partial charge in [0.15, 0.2) is 11.5 Å². The molecule has 1 aromatic rings. The van der Waals surface area contributed by atoms with E-state index in [1.807, 2.05) is 24.3 Å². The molecule has 0 saturated heterocycles. The zero-order valence-electron chi connectivity index (χ0n) is 13.0. The highest BCUT2D eigenvalue weighted by atomic mass is 16.6. The summed E-state index contributed by atoms with van der Waals surface area (Å²) in [7, 11) is 0. The van der Waals surface area contributed by atoms with Gasteiger partial charge in [-0.05, 0) is 56.1 Å². The van der Waals surface area contributed by atoms with Crippen LogP contribution in [0.3, 0.4) is 0 Å². The molecule has 1 amide bonds. The van der Waals surface area contributed by atoms with Crippen LogP contribution in [0.4, 0.5) is 0 Å². The fourth-order valence-corrected chi connectivity index (χ4v) is 4.48. The smallest absolute Gasteiger partial charge is 0.264 e. The number of nitrogens with one attached hydrogen (secondary N) is 1. The Balaban J connectivity index is 1.37. The normalized spacial score (nSPS) is 33.5. The Morgan fingerprint density at radius 2 is 2.05 bits per heavy atom. The van der Waals surface area contributed by atoms with Gasteiger partial charge in [0.1, 0.15) is 6.61 Å². The van der Waals surface area contributed by atoms with Crippen molar-refractivity contribution < 1.29 is 14.3 Å². The molecule has 22 heavy (non-hydrogen) atoms. The Hall–Kier alpha value is -1.71. The van der Waals surface area contributed by atoms with Crippen molar-refractivity contribution in [1.29, 1.82) is 0 Å². The molecule has 1 aliphatic heterocycles. The molecule has 1 N–H and O–H groups in total. The van der Waals surface area contributed by atoms with Crippen LogP contribution >= 0.6 is 0 Å². The molecule has 1 heterocycles. The molecule has 2 fully saturated rings. The van der Waals surface area contributed by atoms with Crippen LogP contribution in [0.15, 0.2) is 24.3 Å². The summed E-state index contributed by atoms with van der Waals surface area (Å²) in [6.07, 6.45) is 4.82. The van der Waals surface area contributed by atoms with Crippen molar-refractivity contribution in [3.63, 3.8) is 0 Å². The van der Waals surface area contributed by atoms with E-state index in [-0.39, 0.29) is 18.6 Å². The molecule has 4 rings (SSSR count). The lowest BCUT2D eigenvalue weighted by atomic mass is 9.84. The minimum Gasteiger partial charge on any atom is -0.485 e. The number of ether oxygens (including phenoxy) is 2. The van der Waals surface area contributed by atoms with E-state index in [0.29, 0.717) is 17.4 Å². The topological polar surface area (TPSA) is 47.6 Å². The second-order valence-electron chi connectivity index (χ2n) is 7.00. The van der Waals surface area contributed by atoms with E-state index < -0.39 is 6.10 Å². The Labute approximate surface area is 131 Å². The second kappa shape index (κ2) is 5.49. The van der Waals surface area contributed by atoms with Crippen molar-refractivity contribution in [2.45, 2.75) is 44.8 Å². The lowest BCUT2D eigenvalue weighted by Crippen LogP contribution is -2.49. The molecule has 2 aliphatic carbocycles. The summed E-state index contributed by atoms with van der Waals surface area (Å²) < 4.78 is 11.4. The number of hydrogen-bond acceptors (Lipinski definition) is 3. The molecule has 4 heteroatoms. The summed E-state index contributed by atoms with van der Waals surface area (Å²) in [4.78, 5) is 12.5. The summed E-state index contributed by atoms with van der Waals surface area (Å²) in [5, 5.41) is 3.16. The number of carbonyl (C=O) groups excluding carboxylic acids is 1. The van der Waals surface area contributed by atoms with E-state index in [1.54, 1.807) is 0 Å². The minimum atomic E-state index is -0.545. The van der Waals surface area contributed by atoms with Gasteiger partial charge in [-0.2, -0.15) is 0 Å². The van der Waals surface area contributed by atoms with Crippen LogP contribution < -0.4 is 14.8 Å². The average Bonchev–Trinajstić information content (AvgIpc) is 3.17. The standard InChI is InChI=1S/C18H23NO3/c1-11(14-9-12-6-7-13(14)8-12)19-18(20)17-10-21-15-4-2-3-5-16(15)22-17/h2-5,11-14,17H,6-10H2,1H3,(H,19,20)/t11-,12-,13-,14-,17-/m0/s1. The van der Waals surface area contributed by atoms with Crippen LogP contribution in [0.25, 0.3) is 0 Å². The average molecular weight is 301 g/mol. The maximum absolute atomic E-state index is 12.5. The Kier molecular flexibility index (Phi) is 3.47. The first-order valence-corrected chi connectivity index (χ1v) is 8.39. The van der Waals surface area contributed by atoms with Gasteiger partial charge in [-0.25, -0.2) is 0 Å². The highest BCUT2D eigenvalue weighted by Gasteiger charge is 2.42. The fraction of sp³-hybridized carbons (Fsp3) is 0.611. The molecule has 118 valence electrons. The van der Waals surface area contributed by atoms with Gasteiger partial charge in [-0.3, -0.25) is 4.79 Å². The molecule has 0 radical (unpaired) electrons. The molecule has 0 spiro atoms. The number of para-hydroxylation sites is 2. The molecule has 1 aromatic carbocycles. The summed E-state index contributed by atoms with van der Waals surface area (Å²) in [6, 6.07) is 7.72. The zero-order chi connectivity index (χ0) is 15.1. The van der Waals surface area contributed by atoms with Crippen LogP contribution in [-0.4, -0.2) is 24.7 Å². The van der Waals surface area contributed by atoms with Gasteiger partial charge in [0, 0.05) is 6.04 Å². The lowest BCUT2D eigenvalue weighted by Gasteiger charge is -2.31. The van der Waals surface area contributed by atoms with Crippen molar-refractivity contribution in [3.8, 4) is 11.5 Å². The van der Waals surface area contributed by atoms with Gasteiger partial charge in [0.25, 0.3) is 5.91 Å². The zero-order valence-corrected chi connectivity index (χ0v) is 13.0. The summed E-state index contributed by atoms with van der Waals surface area (Å²) in [5.74, 6) is 3.67. The van der Waals surface area contributed by atoms with Crippen LogP contribution in [0, 0.1) is 17.8 Å². The maximum Gasteiger partial charge on any atom is 0.264 e. The molecule has 0 unspecified atom stereocenters. The fourth-order valence-electron chi connectivity index (χ4n) is 4.48. The number of benzene rings is 1. The molecular weight excluding hydrogens is 278 g/mol. The maximum atomic E-state index is 12.5. The molecule has 2 saturated carbocycles. The highest BCUT2D eigenvalue weighted by Crippen LogP contribution is 2.49. The van der Waals surface area contributed by atoms with Crippen LogP contribution in [-0.2, 0) is 4.79 Å². The molecular formula is C18H23NO3. The van der Waals surface area contributed by atoms with E-state index >= 15 is 0 Å². The Morgan fingerprint density at radius 3 is 2.77 bits per heavy atom. The molecule has 3 aliphatic rings. The van der Waals surface area contributed by atoms with Crippen molar-refractivity contribution in [2.75, 3.05) is 6.61 Å². The Bertz CT molecular complexity index is 573. The van der Waals surface area contributed by atoms with Gasteiger partial charge in [-0.1, -0.05) is 18.6 Å². The van der Waals surface area contributed by atoms with Gasteiger partial charge in [0.2, 0.25) is 6.10 Å². The third-order valence-corrected chi connectivity index (χ3v) is 5.61. The predicted molar refractivity (Wildman–Crippen MR) is 82.9 cm³/mol. The van der Waals surface area contributed by atoms with Crippen LogP contribution in [0.5, 0.6) is 11.5 Å². The van der Waals surface area contributed by atoms with Crippen LogP contribution in [0.1, 0.15) is 32.6 Å². The van der Waals surface area contributed by atoms with E-state index in [4.69, 9.17) is 9.47 Å². The number of fused-ring (bicyclic) bond motifs is 3. The minimum absolute atomic E-state index is 0.0511. The van der Waals surface area contributed by atoms with E-state index in [1.165, 1.54) is 25.7 Å². The van der Waals surface area contributed by atoms with Gasteiger partial charge in [0.05, 0.1) is 0 Å². The first-order chi connectivity index (χ1) is 10.7. The van der Waals surface area contributed by atoms with E-state index in [9.17, 15) is 4.79 Å². The van der Waals surface area contributed by atoms with Crippen molar-refractivity contribution in [1.82, 2.24) is 5.32 Å². The summed E-state index contributed by atoms with van der Waals surface area (Å²) >= 11 is 0. The Morgan fingerprint density at radius 1 is 1.23 bits per heavy atom. The monoisotopic (exact) mass is 301 g/mol. The second-order valence-corrected chi connectivity index (χ2v) is 7.00. The van der Waals surface area contributed by atoms with E-state index in [0.717, 1.165) is 11.8 Å². The van der Waals surface area contributed by atoms with Crippen molar-refractivity contribution in [2.24, 2.45) is 17.8 Å². The third kappa shape index (κ3) is 2.44. The number of hydrogen-bond donors (Lipinski definition) is 1. The van der Waals surface area contributed by atoms with Crippen LogP contribution in [0.2, 0.25) is 0 Å². The van der Waals surface area contributed by atoms with Gasteiger partial charge >= 0.3 is 0 Å². The SMILES string of the molecule is C[C@H](NC(=O)[C@@H]1COc2ccccc2O1)[C@@H]1C[C@H]2CC[C@H]1C2. The molecule has 0 aromatic heterocycles. The van der Waals surface area contributed by atoms with Gasteiger partial charge < -0.3 is 14.8 Å². The predicted octanol–water partition coefficient (Wildman–Crippen LogP) is 2.77. The van der Waals surface area contributed by atoms with Gasteiger partial charge in [-0.15, -0.1) is 0 Å². The largest absolute Gasteiger partial charge is 0.485 e. The van der Waals surface area contributed by atoms with E-state index in [2.05, 4.69) is 12.2 Å². The van der Waals surface area contributed by atoms with Crippen molar-refractivity contribution >= 4 is 5.91 Å². The highest BCUT2D eigenvalue weighted by molar-refractivity contribution is 5.82. The molecule has 5 atom stereocenters. The summed E-state index contributed by atoms with van der Waals surface area (Å²) in [5.41, 5.74) is 0. The lowest BCUT2D eigenvalue weighted by molar-refractivity contribution is -0.131. The number of carbonyl (C=O) groups is 1. The number of amides is 1. The first kappa shape index (κ1) is 13.9. The quantitative estimate of drug-likeness (QED) is 0.934. The molecule has 4 nitrogen and oxygen atoms in total. The third-order valence-electron chi connectivity index (χ3n) is 5.61.